The zero-order valence-corrected chi connectivity index (χ0v) is 7.04. The minimum Gasteiger partial charge on any atom is -0.350 e. The molecule has 0 saturated carbocycles. The van der Waals surface area contributed by atoms with Crippen molar-refractivity contribution in [1.29, 1.82) is 0 Å². The first kappa shape index (κ1) is 8.16. The molecule has 2 heterocycles. The molecule has 0 amide bonds. The molecule has 68 valence electrons. The maximum absolute atomic E-state index is 12.5. The van der Waals surface area contributed by atoms with Gasteiger partial charge in [0.05, 0.1) is 5.52 Å². The van der Waals surface area contributed by atoms with Crippen LogP contribution in [0.2, 0.25) is 0 Å². The number of alkyl halides is 2. The van der Waals surface area contributed by atoms with E-state index in [0.29, 0.717) is 5.39 Å². The Bertz CT molecular complexity index is 434. The Morgan fingerprint density at radius 1 is 1.46 bits per heavy atom. The molecule has 13 heavy (non-hydrogen) atoms. The fraction of sp³-hybridized carbons (Fsp3) is 0.222. The molecule has 2 aromatic rings. The van der Waals surface area contributed by atoms with E-state index in [0.717, 1.165) is 5.52 Å². The lowest BCUT2D eigenvalue weighted by Crippen LogP contribution is -1.82. The molecule has 0 radical (unpaired) electrons. The van der Waals surface area contributed by atoms with E-state index >= 15 is 0 Å². The van der Waals surface area contributed by atoms with Gasteiger partial charge < -0.3 is 4.57 Å². The highest BCUT2D eigenvalue weighted by Crippen LogP contribution is 2.27. The number of aromatic nitrogens is 2. The van der Waals surface area contributed by atoms with E-state index in [9.17, 15) is 8.78 Å². The summed E-state index contributed by atoms with van der Waals surface area (Å²) in [6, 6.07) is 1.72. The van der Waals surface area contributed by atoms with Crippen molar-refractivity contribution >= 4 is 10.9 Å². The summed E-state index contributed by atoms with van der Waals surface area (Å²) in [5.74, 6) is 0. The number of nitrogens with zero attached hydrogens (tertiary/aromatic N) is 2. The zero-order valence-electron chi connectivity index (χ0n) is 7.04. The van der Waals surface area contributed by atoms with Crippen molar-refractivity contribution in [2.24, 2.45) is 7.05 Å². The minimum atomic E-state index is -2.44. The maximum atomic E-state index is 12.5. The molecule has 0 atom stereocenters. The van der Waals surface area contributed by atoms with Crippen molar-refractivity contribution < 1.29 is 8.78 Å². The second kappa shape index (κ2) is 2.80. The standard InChI is InChI=1S/C9H8F2N2/c1-13-5-7(9(10)11)6-4-12-3-2-8(6)13/h2-5,9H,1H3. The van der Waals surface area contributed by atoms with Crippen LogP contribution in [0.15, 0.2) is 24.7 Å². The predicted molar refractivity (Wildman–Crippen MR) is 45.7 cm³/mol. The molecule has 0 spiro atoms. The van der Waals surface area contributed by atoms with Crippen molar-refractivity contribution in [2.75, 3.05) is 0 Å². The third-order valence-corrected chi connectivity index (χ3v) is 2.06. The molecule has 0 aliphatic rings. The third kappa shape index (κ3) is 1.18. The Kier molecular flexibility index (Phi) is 1.76. The van der Waals surface area contributed by atoms with Gasteiger partial charge in [-0.2, -0.15) is 0 Å². The average Bonchev–Trinajstić information content (AvgIpc) is 2.45. The first-order chi connectivity index (χ1) is 6.20. The van der Waals surface area contributed by atoms with Gasteiger partial charge in [-0.25, -0.2) is 8.78 Å². The number of halogens is 2. The summed E-state index contributed by atoms with van der Waals surface area (Å²) < 4.78 is 26.6. The molecule has 0 N–H and O–H groups in total. The predicted octanol–water partition coefficient (Wildman–Crippen LogP) is 2.51. The molecule has 0 aliphatic carbocycles. The number of hydrogen-bond donors (Lipinski definition) is 0. The van der Waals surface area contributed by atoms with Crippen LogP contribution in [0.1, 0.15) is 12.0 Å². The molecule has 4 heteroatoms. The van der Waals surface area contributed by atoms with Gasteiger partial charge in [0, 0.05) is 36.6 Å². The first-order valence-corrected chi connectivity index (χ1v) is 3.87. The summed E-state index contributed by atoms with van der Waals surface area (Å²) >= 11 is 0. The molecule has 0 bridgehead atoms. The van der Waals surface area contributed by atoms with E-state index in [1.165, 1.54) is 12.4 Å². The lowest BCUT2D eigenvalue weighted by molar-refractivity contribution is 0.153. The topological polar surface area (TPSA) is 17.8 Å². The van der Waals surface area contributed by atoms with Crippen molar-refractivity contribution in [3.05, 3.63) is 30.2 Å². The van der Waals surface area contributed by atoms with Crippen molar-refractivity contribution in [3.8, 4) is 0 Å². The van der Waals surface area contributed by atoms with E-state index in [1.807, 2.05) is 0 Å². The Labute approximate surface area is 73.8 Å². The summed E-state index contributed by atoms with van der Waals surface area (Å²) in [4.78, 5) is 3.82. The summed E-state index contributed by atoms with van der Waals surface area (Å²) in [6.45, 7) is 0. The Hall–Kier alpha value is -1.45. The normalized spacial score (nSPS) is 11.4. The van der Waals surface area contributed by atoms with Gasteiger partial charge in [0.1, 0.15) is 0 Å². The van der Waals surface area contributed by atoms with Gasteiger partial charge in [-0.05, 0) is 6.07 Å². The van der Waals surface area contributed by atoms with E-state index in [-0.39, 0.29) is 5.56 Å². The minimum absolute atomic E-state index is 0.0469. The molecule has 0 unspecified atom stereocenters. The second-order valence-corrected chi connectivity index (χ2v) is 2.89. The molecule has 0 fully saturated rings. The van der Waals surface area contributed by atoms with E-state index in [4.69, 9.17) is 0 Å². The molecule has 2 aromatic heterocycles. The molecule has 0 saturated heterocycles. The fourth-order valence-electron chi connectivity index (χ4n) is 1.44. The highest BCUT2D eigenvalue weighted by Gasteiger charge is 2.14. The van der Waals surface area contributed by atoms with Gasteiger partial charge in [0.25, 0.3) is 6.43 Å². The van der Waals surface area contributed by atoms with Gasteiger partial charge in [-0.15, -0.1) is 0 Å². The SMILES string of the molecule is Cn1cc(C(F)F)c2cnccc21. The number of aryl methyl sites for hydroxylation is 1. The summed E-state index contributed by atoms with van der Waals surface area (Å²) in [7, 11) is 1.74. The van der Waals surface area contributed by atoms with E-state index < -0.39 is 6.43 Å². The number of pyridine rings is 1. The fourth-order valence-corrected chi connectivity index (χ4v) is 1.44. The summed E-state index contributed by atoms with van der Waals surface area (Å²) in [5, 5.41) is 0.528. The number of fused-ring (bicyclic) bond motifs is 1. The lowest BCUT2D eigenvalue weighted by Gasteiger charge is -1.94. The van der Waals surface area contributed by atoms with Crippen LogP contribution in [-0.4, -0.2) is 9.55 Å². The van der Waals surface area contributed by atoms with Crippen molar-refractivity contribution in [2.45, 2.75) is 6.43 Å². The van der Waals surface area contributed by atoms with Crippen LogP contribution in [0, 0.1) is 0 Å². The molecule has 0 aromatic carbocycles. The van der Waals surface area contributed by atoms with Crippen LogP contribution in [0.5, 0.6) is 0 Å². The number of rotatable bonds is 1. The van der Waals surface area contributed by atoms with Gasteiger partial charge in [0.2, 0.25) is 0 Å². The average molecular weight is 182 g/mol. The molecular weight excluding hydrogens is 174 g/mol. The zero-order chi connectivity index (χ0) is 9.42. The monoisotopic (exact) mass is 182 g/mol. The Morgan fingerprint density at radius 2 is 2.23 bits per heavy atom. The van der Waals surface area contributed by atoms with Crippen molar-refractivity contribution in [3.63, 3.8) is 0 Å². The van der Waals surface area contributed by atoms with Crippen LogP contribution in [0.3, 0.4) is 0 Å². The van der Waals surface area contributed by atoms with Crippen LogP contribution >= 0.6 is 0 Å². The second-order valence-electron chi connectivity index (χ2n) is 2.89. The smallest absolute Gasteiger partial charge is 0.265 e. The summed E-state index contributed by atoms with van der Waals surface area (Å²) in [6.07, 6.45) is 2.07. The van der Waals surface area contributed by atoms with Crippen molar-refractivity contribution in [1.82, 2.24) is 9.55 Å². The first-order valence-electron chi connectivity index (χ1n) is 3.87. The van der Waals surface area contributed by atoms with Crippen LogP contribution in [-0.2, 0) is 7.05 Å². The highest BCUT2D eigenvalue weighted by atomic mass is 19.3. The maximum Gasteiger partial charge on any atom is 0.265 e. The van der Waals surface area contributed by atoms with Crippen LogP contribution in [0.4, 0.5) is 8.78 Å². The Balaban J connectivity index is 2.78. The van der Waals surface area contributed by atoms with Gasteiger partial charge in [-0.3, -0.25) is 4.98 Å². The molecule has 2 nitrogen and oxygen atoms in total. The van der Waals surface area contributed by atoms with E-state index in [1.54, 1.807) is 23.9 Å². The van der Waals surface area contributed by atoms with Gasteiger partial charge >= 0.3 is 0 Å². The third-order valence-electron chi connectivity index (χ3n) is 2.06. The van der Waals surface area contributed by atoms with E-state index in [2.05, 4.69) is 4.98 Å². The van der Waals surface area contributed by atoms with Gasteiger partial charge in [-0.1, -0.05) is 0 Å². The van der Waals surface area contributed by atoms with Crippen LogP contribution in [0.25, 0.3) is 10.9 Å². The molecular formula is C9H8F2N2. The summed E-state index contributed by atoms with van der Waals surface area (Å²) in [5.41, 5.74) is 0.830. The highest BCUT2D eigenvalue weighted by molar-refractivity contribution is 5.83. The quantitative estimate of drug-likeness (QED) is 0.662. The Morgan fingerprint density at radius 3 is 2.92 bits per heavy atom. The van der Waals surface area contributed by atoms with Crippen LogP contribution < -0.4 is 0 Å². The lowest BCUT2D eigenvalue weighted by atomic mass is 10.2. The van der Waals surface area contributed by atoms with Gasteiger partial charge in [0.15, 0.2) is 0 Å². The largest absolute Gasteiger partial charge is 0.350 e. The number of hydrogen-bond acceptors (Lipinski definition) is 1. The molecule has 2 rings (SSSR count). The molecule has 0 aliphatic heterocycles.